The van der Waals surface area contributed by atoms with Crippen molar-refractivity contribution in [3.05, 3.63) is 142 Å². The van der Waals surface area contributed by atoms with E-state index in [1.165, 1.54) is 68.5 Å². The van der Waals surface area contributed by atoms with E-state index < -0.39 is 19.1 Å². The zero-order valence-electron chi connectivity index (χ0n) is 43.6. The minimum atomic E-state index is -3.76. The molecule has 27 heteroatoms. The number of imidazole rings is 2. The van der Waals surface area contributed by atoms with Crippen LogP contribution in [0.25, 0.3) is 22.8 Å². The van der Waals surface area contributed by atoms with Crippen molar-refractivity contribution in [3.8, 4) is 22.8 Å². The van der Waals surface area contributed by atoms with Crippen LogP contribution in [0.2, 0.25) is 0 Å². The first-order valence-electron chi connectivity index (χ1n) is 25.7. The number of sulfonamides is 1. The van der Waals surface area contributed by atoms with Gasteiger partial charge in [-0.2, -0.15) is 4.31 Å². The smallest absolute Gasteiger partial charge is 0.279 e. The molecule has 416 valence electrons. The van der Waals surface area contributed by atoms with Crippen LogP contribution in [0.1, 0.15) is 33.6 Å². The molecule has 79 heavy (non-hydrogen) atoms. The largest absolute Gasteiger partial charge is 0.345 e. The first kappa shape index (κ1) is 56.1. The molecule has 2 aromatic carbocycles. The number of aromatic nitrogens is 10. The summed E-state index contributed by atoms with van der Waals surface area (Å²) in [5, 5.41) is 7.98. The fourth-order valence-corrected chi connectivity index (χ4v) is 14.2. The molecular weight excluding hydrogens is 1110 g/mol. The molecule has 0 radical (unpaired) electrons. The number of halogens is 3. The Morgan fingerprint density at radius 3 is 1.59 bits per heavy atom. The lowest BCUT2D eigenvalue weighted by molar-refractivity contribution is 0.312. The average Bonchev–Trinajstić information content (AvgIpc) is 4.39. The van der Waals surface area contributed by atoms with Gasteiger partial charge in [0.2, 0.25) is 0 Å². The number of nitrogens with zero attached hydrogens (tertiary/aromatic N) is 15. The lowest BCUT2D eigenvalue weighted by atomic mass is 10.0. The molecule has 4 aliphatic rings. The molecule has 10 heterocycles. The van der Waals surface area contributed by atoms with Crippen molar-refractivity contribution in [2.75, 3.05) is 89.3 Å². The van der Waals surface area contributed by atoms with Gasteiger partial charge in [-0.25, -0.2) is 65.5 Å². The van der Waals surface area contributed by atoms with Gasteiger partial charge in [0.1, 0.15) is 24.3 Å². The van der Waals surface area contributed by atoms with E-state index in [0.29, 0.717) is 31.6 Å². The summed E-state index contributed by atoms with van der Waals surface area (Å²) in [4.78, 5) is 43.8. The third kappa shape index (κ3) is 13.7. The van der Waals surface area contributed by atoms with Gasteiger partial charge in [0.05, 0.1) is 65.8 Å². The summed E-state index contributed by atoms with van der Waals surface area (Å²) in [6, 6.07) is 13.1. The number of aryl methyl sites for hydroxylation is 4. The van der Waals surface area contributed by atoms with Gasteiger partial charge < -0.3 is 34.1 Å². The van der Waals surface area contributed by atoms with Gasteiger partial charge in [-0.05, 0) is 81.7 Å². The van der Waals surface area contributed by atoms with Gasteiger partial charge in [-0.1, -0.05) is 24.3 Å². The van der Waals surface area contributed by atoms with E-state index in [2.05, 4.69) is 83.5 Å². The summed E-state index contributed by atoms with van der Waals surface area (Å²) in [5.74, 6) is -0.459. The lowest BCUT2D eigenvalue weighted by Gasteiger charge is -2.32. The van der Waals surface area contributed by atoms with Crippen LogP contribution >= 0.6 is 33.4 Å². The number of hydrogen-bond acceptors (Lipinski definition) is 19. The number of hydrogen-bond donors (Lipinski definition) is 1. The third-order valence-electron chi connectivity index (χ3n) is 14.2. The Balaban J connectivity index is 0.000000149. The van der Waals surface area contributed by atoms with Crippen LogP contribution < -0.4 is 15.1 Å². The van der Waals surface area contributed by atoms with E-state index in [1.54, 1.807) is 36.4 Å². The summed E-state index contributed by atoms with van der Waals surface area (Å²) in [6.45, 7) is 10.8. The average molecular weight is 1170 g/mol. The molecule has 2 saturated heterocycles. The van der Waals surface area contributed by atoms with Crippen LogP contribution in [0, 0.1) is 11.6 Å². The first-order valence-corrected chi connectivity index (χ1v) is 31.3. The SMILES string of the molecule is CN1CCN(c2nc(S(=O)(=O)Cl)cs2)CC1.CN1CCN(c2nc(S(=O)(=O)N3CCc4c(ncnc4-c4cncn4CCc4ccc(F)cc4)C3)cs2)CC1.Fc1ccc(CCn2cncc2-c2ncnc3c2CCNC3)cc1. The second-order valence-corrected chi connectivity index (χ2v) is 25.5. The van der Waals surface area contributed by atoms with Crippen LogP contribution in [-0.4, -0.2) is 159 Å². The van der Waals surface area contributed by atoms with E-state index in [9.17, 15) is 25.6 Å². The Bertz CT molecular complexity index is 3570. The van der Waals surface area contributed by atoms with Gasteiger partial charge in [-0.3, -0.25) is 0 Å². The van der Waals surface area contributed by atoms with Gasteiger partial charge in [0.15, 0.2) is 20.3 Å². The minimum Gasteiger partial charge on any atom is -0.345 e. The van der Waals surface area contributed by atoms with E-state index >= 15 is 0 Å². The molecule has 0 unspecified atom stereocenters. The molecule has 6 aromatic heterocycles. The molecule has 0 atom stereocenters. The van der Waals surface area contributed by atoms with E-state index in [4.69, 9.17) is 10.7 Å². The molecule has 2 fully saturated rings. The van der Waals surface area contributed by atoms with Gasteiger partial charge >= 0.3 is 0 Å². The molecule has 0 amide bonds. The minimum absolute atomic E-state index is 0.0481. The first-order chi connectivity index (χ1) is 38.2. The molecule has 0 spiro atoms. The molecule has 1 N–H and O–H groups in total. The quantitative estimate of drug-likeness (QED) is 0.134. The fourth-order valence-electron chi connectivity index (χ4n) is 9.60. The fraction of sp³-hybridized carbons (Fsp3) is 0.385. The van der Waals surface area contributed by atoms with Crippen LogP contribution in [0.4, 0.5) is 19.0 Å². The maximum Gasteiger partial charge on any atom is 0.279 e. The van der Waals surface area contributed by atoms with Crippen LogP contribution in [0.3, 0.4) is 0 Å². The van der Waals surface area contributed by atoms with Gasteiger partial charge in [-0.15, -0.1) is 22.7 Å². The maximum atomic E-state index is 13.5. The summed E-state index contributed by atoms with van der Waals surface area (Å²) in [6.07, 6.45) is 13.3. The predicted molar refractivity (Wildman–Crippen MR) is 300 cm³/mol. The standard InChI is InChI=1S/C26H29FN8O2S2.C18H18FN5.C8H12ClN3O2S2/c1-32-10-12-33(13-11-32)26-31-24(16-38-26)39(36,37)35-9-7-21-22(15-35)29-17-30-25(21)23-14-28-18-34(23)8-6-19-2-4-20(27)5-3-19;19-14-3-1-13(2-4-14)6-8-24-12-21-10-17(24)18-15-5-7-20-9-16(15)22-11-23-18;1-11-2-4-12(5-3-11)8-10-7(6-15-8)16(9,13)14/h2-5,14,16-18H,6-13,15H2,1H3;1-4,10-12,20H,5-9H2;6H,2-5H2,1H3. The number of anilines is 2. The van der Waals surface area contributed by atoms with Crippen molar-refractivity contribution >= 4 is 62.7 Å². The zero-order chi connectivity index (χ0) is 55.1. The molecule has 0 saturated carbocycles. The van der Waals surface area contributed by atoms with Crippen molar-refractivity contribution in [1.29, 1.82) is 0 Å². The summed E-state index contributed by atoms with van der Waals surface area (Å²) >= 11 is 2.69. The van der Waals surface area contributed by atoms with E-state index in [-0.39, 0.29) is 28.2 Å². The second kappa shape index (κ2) is 25.1. The predicted octanol–water partition coefficient (Wildman–Crippen LogP) is 5.87. The molecular formula is C52H59ClF2N16O4S4. The normalized spacial score (nSPS) is 16.4. The molecule has 4 aliphatic heterocycles. The number of benzene rings is 2. The highest BCUT2D eigenvalue weighted by molar-refractivity contribution is 8.13. The molecule has 8 aromatic rings. The Hall–Kier alpha value is -6.23. The topological polar surface area (TPSA) is 209 Å². The molecule has 20 nitrogen and oxygen atoms in total. The Labute approximate surface area is 470 Å². The van der Waals surface area contributed by atoms with Crippen LogP contribution in [-0.2, 0) is 70.9 Å². The number of rotatable bonds is 13. The van der Waals surface area contributed by atoms with E-state index in [0.717, 1.165) is 140 Å². The van der Waals surface area contributed by atoms with Crippen LogP contribution in [0.15, 0.2) is 107 Å². The Morgan fingerprint density at radius 2 is 1.09 bits per heavy atom. The number of thiazole rings is 2. The highest BCUT2D eigenvalue weighted by Gasteiger charge is 2.34. The number of fused-ring (bicyclic) bond motifs is 2. The Morgan fingerprint density at radius 1 is 0.608 bits per heavy atom. The van der Waals surface area contributed by atoms with E-state index in [1.807, 2.05) is 29.2 Å². The summed E-state index contributed by atoms with van der Waals surface area (Å²) < 4.78 is 81.0. The highest BCUT2D eigenvalue weighted by Crippen LogP contribution is 2.33. The zero-order valence-corrected chi connectivity index (χ0v) is 47.6. The van der Waals surface area contributed by atoms with Crippen molar-refractivity contribution in [2.24, 2.45) is 0 Å². The van der Waals surface area contributed by atoms with Crippen molar-refractivity contribution < 1.29 is 25.6 Å². The Kier molecular flexibility index (Phi) is 17.8. The van der Waals surface area contributed by atoms with Gasteiger partial charge in [0.25, 0.3) is 19.1 Å². The lowest BCUT2D eigenvalue weighted by Crippen LogP contribution is -2.44. The summed E-state index contributed by atoms with van der Waals surface area (Å²) in [7, 11) is 1.91. The third-order valence-corrected chi connectivity index (χ3v) is 19.2. The highest BCUT2D eigenvalue weighted by atomic mass is 35.7. The van der Waals surface area contributed by atoms with Gasteiger partial charge in [0, 0.05) is 111 Å². The number of piperazine rings is 2. The van der Waals surface area contributed by atoms with Crippen molar-refractivity contribution in [2.45, 2.75) is 61.9 Å². The molecule has 12 rings (SSSR count). The monoisotopic (exact) mass is 1170 g/mol. The number of likely N-dealkylation sites (N-methyl/N-ethyl adjacent to an activating group) is 2. The number of nitrogens with one attached hydrogen (secondary N) is 1. The molecule has 0 bridgehead atoms. The maximum absolute atomic E-state index is 13.5. The van der Waals surface area contributed by atoms with Crippen LogP contribution in [0.5, 0.6) is 0 Å². The second-order valence-electron chi connectivity index (χ2n) is 19.5. The molecule has 0 aliphatic carbocycles. The summed E-state index contributed by atoms with van der Waals surface area (Å²) in [5.41, 5.74) is 9.63. The van der Waals surface area contributed by atoms with Crippen molar-refractivity contribution in [3.63, 3.8) is 0 Å². The van der Waals surface area contributed by atoms with Crippen molar-refractivity contribution in [1.82, 2.24) is 68.4 Å².